The van der Waals surface area contributed by atoms with E-state index in [1.165, 1.54) is 42.1 Å². The van der Waals surface area contributed by atoms with Gasteiger partial charge in [0.15, 0.2) is 0 Å². The van der Waals surface area contributed by atoms with Crippen LogP contribution < -0.4 is 5.32 Å². The summed E-state index contributed by atoms with van der Waals surface area (Å²) in [6.45, 7) is 9.21. The summed E-state index contributed by atoms with van der Waals surface area (Å²) in [5, 5.41) is 3.49. The molecule has 1 atom stereocenters. The first-order valence-electron chi connectivity index (χ1n) is 7.00. The second kappa shape index (κ2) is 6.12. The molecule has 1 saturated heterocycles. The van der Waals surface area contributed by atoms with Gasteiger partial charge >= 0.3 is 0 Å². The van der Waals surface area contributed by atoms with Crippen LogP contribution in [0, 0.1) is 5.92 Å². The van der Waals surface area contributed by atoms with E-state index in [0.29, 0.717) is 0 Å². The van der Waals surface area contributed by atoms with E-state index in [9.17, 15) is 0 Å². The first kappa shape index (κ1) is 14.0. The maximum absolute atomic E-state index is 3.49. The normalized spacial score (nSPS) is 20.9. The molecule has 0 amide bonds. The van der Waals surface area contributed by atoms with Crippen LogP contribution in [0.3, 0.4) is 0 Å². The summed E-state index contributed by atoms with van der Waals surface area (Å²) < 4.78 is 0. The molecule has 0 spiro atoms. The highest BCUT2D eigenvalue weighted by Crippen LogP contribution is 2.27. The number of hydrogen-bond acceptors (Lipinski definition) is 2. The highest BCUT2D eigenvalue weighted by atomic mass is 32.2. The van der Waals surface area contributed by atoms with E-state index in [2.05, 4.69) is 50.4 Å². The van der Waals surface area contributed by atoms with Gasteiger partial charge < -0.3 is 5.32 Å². The predicted octanol–water partition coefficient (Wildman–Crippen LogP) is 4.08. The minimum atomic E-state index is 0.260. The maximum Gasteiger partial charge on any atom is 0.00722 e. The lowest BCUT2D eigenvalue weighted by Crippen LogP contribution is -2.30. The molecular formula is C16H25NS. The lowest BCUT2D eigenvalue weighted by Gasteiger charge is -2.22. The highest BCUT2D eigenvalue weighted by molar-refractivity contribution is 7.99. The van der Waals surface area contributed by atoms with Gasteiger partial charge in [-0.05, 0) is 55.0 Å². The van der Waals surface area contributed by atoms with E-state index in [1.807, 2.05) is 11.8 Å². The molecule has 18 heavy (non-hydrogen) atoms. The van der Waals surface area contributed by atoms with Crippen LogP contribution in [0.5, 0.6) is 0 Å². The Kier molecular flexibility index (Phi) is 4.74. The first-order chi connectivity index (χ1) is 8.55. The van der Waals surface area contributed by atoms with Gasteiger partial charge in [0.2, 0.25) is 0 Å². The molecule has 0 saturated carbocycles. The molecule has 1 N–H and O–H groups in total. The van der Waals surface area contributed by atoms with E-state index < -0.39 is 0 Å². The molecule has 1 heterocycles. The van der Waals surface area contributed by atoms with Gasteiger partial charge in [0.25, 0.3) is 0 Å². The summed E-state index contributed by atoms with van der Waals surface area (Å²) in [6, 6.07) is 9.12. The number of benzene rings is 1. The molecule has 0 bridgehead atoms. The molecule has 1 aromatic carbocycles. The van der Waals surface area contributed by atoms with Crippen LogP contribution >= 0.6 is 11.8 Å². The van der Waals surface area contributed by atoms with Crippen LogP contribution in [0.25, 0.3) is 0 Å². The molecule has 1 aliphatic rings. The minimum absolute atomic E-state index is 0.260. The van der Waals surface area contributed by atoms with Crippen molar-refractivity contribution in [2.24, 2.45) is 5.92 Å². The van der Waals surface area contributed by atoms with Crippen molar-refractivity contribution in [2.45, 2.75) is 43.9 Å². The Morgan fingerprint density at radius 3 is 2.50 bits per heavy atom. The number of nitrogens with one attached hydrogen (secondary N) is 1. The fraction of sp³-hybridized carbons (Fsp3) is 0.625. The fourth-order valence-corrected chi connectivity index (χ4v) is 3.37. The van der Waals surface area contributed by atoms with E-state index >= 15 is 0 Å². The van der Waals surface area contributed by atoms with Crippen LogP contribution in [0.4, 0.5) is 0 Å². The highest BCUT2D eigenvalue weighted by Gasteiger charge is 2.14. The molecule has 0 aliphatic carbocycles. The number of thioether (sulfide) groups is 1. The Hall–Kier alpha value is -0.470. The quantitative estimate of drug-likeness (QED) is 0.825. The Morgan fingerprint density at radius 1 is 1.22 bits per heavy atom. The topological polar surface area (TPSA) is 12.0 Å². The van der Waals surface area contributed by atoms with Gasteiger partial charge in [0, 0.05) is 10.6 Å². The Labute approximate surface area is 116 Å². The molecule has 1 nitrogen and oxygen atoms in total. The average molecular weight is 263 g/mol. The second-order valence-corrected chi connectivity index (χ2v) is 7.39. The van der Waals surface area contributed by atoms with Crippen molar-refractivity contribution in [1.82, 2.24) is 5.32 Å². The Balaban J connectivity index is 1.86. The molecular weight excluding hydrogens is 238 g/mol. The molecule has 100 valence electrons. The van der Waals surface area contributed by atoms with Gasteiger partial charge in [-0.1, -0.05) is 32.9 Å². The smallest absolute Gasteiger partial charge is 0.00722 e. The first-order valence-corrected chi connectivity index (χ1v) is 7.98. The third kappa shape index (κ3) is 4.03. The zero-order valence-electron chi connectivity index (χ0n) is 11.8. The molecule has 1 aromatic rings. The van der Waals surface area contributed by atoms with Crippen LogP contribution in [0.2, 0.25) is 0 Å². The summed E-state index contributed by atoms with van der Waals surface area (Å²) in [4.78, 5) is 1.41. The lowest BCUT2D eigenvalue weighted by molar-refractivity contribution is 0.410. The number of hydrogen-bond donors (Lipinski definition) is 1. The maximum atomic E-state index is 3.49. The Bertz CT molecular complexity index is 358. The van der Waals surface area contributed by atoms with Gasteiger partial charge in [-0.15, -0.1) is 11.8 Å². The van der Waals surface area contributed by atoms with Crippen LogP contribution in [-0.2, 0) is 5.41 Å². The van der Waals surface area contributed by atoms with Gasteiger partial charge in [-0.25, -0.2) is 0 Å². The third-order valence-electron chi connectivity index (χ3n) is 3.60. The van der Waals surface area contributed by atoms with Gasteiger partial charge in [-0.2, -0.15) is 0 Å². The zero-order chi connectivity index (χ0) is 13.0. The molecule has 2 rings (SSSR count). The molecule has 1 unspecified atom stereocenters. The monoisotopic (exact) mass is 263 g/mol. The van der Waals surface area contributed by atoms with Crippen molar-refractivity contribution >= 4 is 11.8 Å². The fourth-order valence-electron chi connectivity index (χ4n) is 2.33. The van der Waals surface area contributed by atoms with E-state index in [0.717, 1.165) is 5.92 Å². The Morgan fingerprint density at radius 2 is 1.94 bits per heavy atom. The van der Waals surface area contributed by atoms with Crippen LogP contribution in [0.1, 0.15) is 39.2 Å². The van der Waals surface area contributed by atoms with Crippen LogP contribution in [-0.4, -0.2) is 18.8 Å². The van der Waals surface area contributed by atoms with E-state index in [4.69, 9.17) is 0 Å². The SMILES string of the molecule is CC(C)(C)c1ccc(SCC2CCCNC2)cc1. The van der Waals surface area contributed by atoms with Crippen molar-refractivity contribution < 1.29 is 0 Å². The van der Waals surface area contributed by atoms with Gasteiger partial charge in [-0.3, -0.25) is 0 Å². The summed E-state index contributed by atoms with van der Waals surface area (Å²) in [6.07, 6.45) is 2.73. The molecule has 2 heteroatoms. The number of piperidine rings is 1. The summed E-state index contributed by atoms with van der Waals surface area (Å²) >= 11 is 2.01. The van der Waals surface area contributed by atoms with Crippen molar-refractivity contribution in [3.8, 4) is 0 Å². The van der Waals surface area contributed by atoms with E-state index in [-0.39, 0.29) is 5.41 Å². The zero-order valence-corrected chi connectivity index (χ0v) is 12.6. The van der Waals surface area contributed by atoms with E-state index in [1.54, 1.807) is 0 Å². The third-order valence-corrected chi connectivity index (χ3v) is 4.85. The van der Waals surface area contributed by atoms with Gasteiger partial charge in [0.05, 0.1) is 0 Å². The van der Waals surface area contributed by atoms with Crippen molar-refractivity contribution in [3.05, 3.63) is 29.8 Å². The number of rotatable bonds is 3. The van der Waals surface area contributed by atoms with Crippen molar-refractivity contribution in [3.63, 3.8) is 0 Å². The molecule has 1 fully saturated rings. The molecule has 0 aromatic heterocycles. The molecule has 1 aliphatic heterocycles. The largest absolute Gasteiger partial charge is 0.316 e. The van der Waals surface area contributed by atoms with Crippen molar-refractivity contribution in [1.29, 1.82) is 0 Å². The summed E-state index contributed by atoms with van der Waals surface area (Å²) in [7, 11) is 0. The van der Waals surface area contributed by atoms with Crippen molar-refractivity contribution in [2.75, 3.05) is 18.8 Å². The molecule has 0 radical (unpaired) electrons. The summed E-state index contributed by atoms with van der Waals surface area (Å²) in [5.74, 6) is 2.10. The van der Waals surface area contributed by atoms with Crippen LogP contribution in [0.15, 0.2) is 29.2 Å². The lowest BCUT2D eigenvalue weighted by atomic mass is 9.87. The van der Waals surface area contributed by atoms with Gasteiger partial charge in [0.1, 0.15) is 0 Å². The second-order valence-electron chi connectivity index (χ2n) is 6.30. The predicted molar refractivity (Wildman–Crippen MR) is 81.5 cm³/mol. The summed E-state index contributed by atoms with van der Waals surface area (Å²) in [5.41, 5.74) is 1.68. The minimum Gasteiger partial charge on any atom is -0.316 e. The average Bonchev–Trinajstić information content (AvgIpc) is 2.37. The standard InChI is InChI=1S/C16H25NS/c1-16(2,3)14-6-8-15(9-7-14)18-12-13-5-4-10-17-11-13/h6-9,13,17H,4-5,10-12H2,1-3H3.